The van der Waals surface area contributed by atoms with Gasteiger partial charge in [0.1, 0.15) is 18.5 Å². The van der Waals surface area contributed by atoms with Crippen LogP contribution in [0.2, 0.25) is 0 Å². The van der Waals surface area contributed by atoms with Crippen LogP contribution < -0.4 is 10.1 Å². The number of halogens is 1. The van der Waals surface area contributed by atoms with Crippen LogP contribution in [0.4, 0.5) is 0 Å². The van der Waals surface area contributed by atoms with Gasteiger partial charge < -0.3 is 15.2 Å². The third-order valence-corrected chi connectivity index (χ3v) is 3.10. The maximum atomic E-state index is 9.71. The summed E-state index contributed by atoms with van der Waals surface area (Å²) in [4.78, 5) is 0. The van der Waals surface area contributed by atoms with Crippen molar-refractivity contribution in [2.75, 3.05) is 13.2 Å². The molecule has 0 aliphatic carbocycles. The van der Waals surface area contributed by atoms with E-state index in [9.17, 15) is 5.11 Å². The van der Waals surface area contributed by atoms with Crippen LogP contribution in [0.3, 0.4) is 0 Å². The Morgan fingerprint density at radius 2 is 2.00 bits per heavy atom. The van der Waals surface area contributed by atoms with Crippen LogP contribution in [0, 0.1) is 0 Å². The van der Waals surface area contributed by atoms with Gasteiger partial charge in [0.2, 0.25) is 0 Å². The second-order valence-electron chi connectivity index (χ2n) is 4.14. The van der Waals surface area contributed by atoms with E-state index < -0.39 is 6.10 Å². The Hall–Kier alpha value is -0.580. The quantitative estimate of drug-likeness (QED) is 0.813. The lowest BCUT2D eigenvalue weighted by molar-refractivity contribution is 0.104. The highest BCUT2D eigenvalue weighted by atomic mass is 79.9. The SMILES string of the molecule is CC[C@H](C)NC[C@H](O)COc1ccc(Br)cc1. The summed E-state index contributed by atoms with van der Waals surface area (Å²) in [5.41, 5.74) is 0. The van der Waals surface area contributed by atoms with Gasteiger partial charge in [-0.2, -0.15) is 0 Å². The first-order valence-electron chi connectivity index (χ1n) is 5.91. The van der Waals surface area contributed by atoms with E-state index >= 15 is 0 Å². The van der Waals surface area contributed by atoms with Crippen molar-refractivity contribution in [2.24, 2.45) is 0 Å². The van der Waals surface area contributed by atoms with Crippen LogP contribution in [-0.2, 0) is 0 Å². The highest BCUT2D eigenvalue weighted by molar-refractivity contribution is 9.10. The molecule has 0 spiro atoms. The Morgan fingerprint density at radius 1 is 1.35 bits per heavy atom. The number of benzene rings is 1. The Kier molecular flexibility index (Phi) is 6.55. The number of nitrogens with one attached hydrogen (secondary N) is 1. The molecular weight excluding hydrogens is 282 g/mol. The molecular formula is C13H20BrNO2. The second-order valence-corrected chi connectivity index (χ2v) is 5.05. The molecule has 17 heavy (non-hydrogen) atoms. The monoisotopic (exact) mass is 301 g/mol. The topological polar surface area (TPSA) is 41.5 Å². The van der Waals surface area contributed by atoms with Crippen molar-refractivity contribution in [2.45, 2.75) is 32.4 Å². The molecule has 0 heterocycles. The number of aliphatic hydroxyl groups excluding tert-OH is 1. The lowest BCUT2D eigenvalue weighted by Gasteiger charge is -2.16. The molecule has 0 aliphatic rings. The molecule has 1 aromatic carbocycles. The molecule has 2 N–H and O–H groups in total. The van der Waals surface area contributed by atoms with E-state index in [2.05, 4.69) is 35.1 Å². The first-order chi connectivity index (χ1) is 8.11. The standard InChI is InChI=1S/C13H20BrNO2/c1-3-10(2)15-8-12(16)9-17-13-6-4-11(14)5-7-13/h4-7,10,12,15-16H,3,8-9H2,1-2H3/t10-,12-/m0/s1. The Morgan fingerprint density at radius 3 is 2.59 bits per heavy atom. The largest absolute Gasteiger partial charge is 0.491 e. The van der Waals surface area contributed by atoms with Crippen LogP contribution in [0.5, 0.6) is 5.75 Å². The van der Waals surface area contributed by atoms with Crippen molar-refractivity contribution in [1.29, 1.82) is 0 Å². The van der Waals surface area contributed by atoms with E-state index in [-0.39, 0.29) is 0 Å². The third-order valence-electron chi connectivity index (χ3n) is 2.57. The van der Waals surface area contributed by atoms with Gasteiger partial charge in [0.15, 0.2) is 0 Å². The summed E-state index contributed by atoms with van der Waals surface area (Å²) in [6, 6.07) is 8.01. The van der Waals surface area contributed by atoms with E-state index in [1.165, 1.54) is 0 Å². The Labute approximate surface area is 111 Å². The first-order valence-corrected chi connectivity index (χ1v) is 6.71. The van der Waals surface area contributed by atoms with E-state index in [1.807, 2.05) is 24.3 Å². The van der Waals surface area contributed by atoms with Gasteiger partial charge in [-0.3, -0.25) is 0 Å². The molecule has 1 aromatic rings. The van der Waals surface area contributed by atoms with Crippen molar-refractivity contribution in [3.63, 3.8) is 0 Å². The molecule has 2 atom stereocenters. The fourth-order valence-electron chi connectivity index (χ4n) is 1.26. The van der Waals surface area contributed by atoms with Gasteiger partial charge in [-0.1, -0.05) is 22.9 Å². The molecule has 0 radical (unpaired) electrons. The van der Waals surface area contributed by atoms with Crippen molar-refractivity contribution in [3.05, 3.63) is 28.7 Å². The van der Waals surface area contributed by atoms with E-state index in [0.29, 0.717) is 19.2 Å². The minimum Gasteiger partial charge on any atom is -0.491 e. The molecule has 96 valence electrons. The predicted octanol–water partition coefficient (Wildman–Crippen LogP) is 2.58. The number of aliphatic hydroxyl groups is 1. The molecule has 3 nitrogen and oxygen atoms in total. The van der Waals surface area contributed by atoms with Crippen molar-refractivity contribution in [3.8, 4) is 5.75 Å². The Balaban J connectivity index is 2.23. The van der Waals surface area contributed by atoms with Gasteiger partial charge in [0.25, 0.3) is 0 Å². The number of hydrogen-bond donors (Lipinski definition) is 2. The van der Waals surface area contributed by atoms with Gasteiger partial charge >= 0.3 is 0 Å². The smallest absolute Gasteiger partial charge is 0.119 e. The molecule has 0 bridgehead atoms. The van der Waals surface area contributed by atoms with Crippen molar-refractivity contribution in [1.82, 2.24) is 5.32 Å². The average Bonchev–Trinajstić information content (AvgIpc) is 2.35. The molecule has 0 aliphatic heterocycles. The molecule has 0 saturated carbocycles. The molecule has 0 unspecified atom stereocenters. The predicted molar refractivity (Wildman–Crippen MR) is 73.4 cm³/mol. The zero-order chi connectivity index (χ0) is 12.7. The van der Waals surface area contributed by atoms with Crippen LogP contribution in [0.15, 0.2) is 28.7 Å². The molecule has 4 heteroatoms. The second kappa shape index (κ2) is 7.69. The summed E-state index contributed by atoms with van der Waals surface area (Å²) in [5, 5.41) is 13.0. The van der Waals surface area contributed by atoms with Crippen molar-refractivity contribution >= 4 is 15.9 Å². The summed E-state index contributed by atoms with van der Waals surface area (Å²) >= 11 is 3.36. The van der Waals surface area contributed by atoms with Gasteiger partial charge in [-0.05, 0) is 37.6 Å². The van der Waals surface area contributed by atoms with Crippen LogP contribution in [0.1, 0.15) is 20.3 Å². The zero-order valence-electron chi connectivity index (χ0n) is 10.3. The van der Waals surface area contributed by atoms with E-state index in [1.54, 1.807) is 0 Å². The zero-order valence-corrected chi connectivity index (χ0v) is 11.9. The summed E-state index contributed by atoms with van der Waals surface area (Å²) in [5.74, 6) is 0.774. The normalized spacial score (nSPS) is 14.4. The van der Waals surface area contributed by atoms with E-state index in [4.69, 9.17) is 4.74 Å². The van der Waals surface area contributed by atoms with E-state index in [0.717, 1.165) is 16.6 Å². The molecule has 0 aromatic heterocycles. The Bertz CT molecular complexity index is 316. The number of rotatable bonds is 7. The number of hydrogen-bond acceptors (Lipinski definition) is 3. The molecule has 0 saturated heterocycles. The average molecular weight is 302 g/mol. The molecule has 0 fully saturated rings. The minimum atomic E-state index is -0.479. The van der Waals surface area contributed by atoms with Crippen LogP contribution >= 0.6 is 15.9 Å². The molecule has 1 rings (SSSR count). The fourth-order valence-corrected chi connectivity index (χ4v) is 1.53. The molecule has 0 amide bonds. The highest BCUT2D eigenvalue weighted by Crippen LogP contribution is 2.16. The van der Waals surface area contributed by atoms with Gasteiger partial charge in [-0.15, -0.1) is 0 Å². The van der Waals surface area contributed by atoms with Gasteiger partial charge in [-0.25, -0.2) is 0 Å². The maximum Gasteiger partial charge on any atom is 0.119 e. The summed E-state index contributed by atoms with van der Waals surface area (Å²) in [6.07, 6.45) is 0.577. The third kappa shape index (κ3) is 6.05. The minimum absolute atomic E-state index is 0.311. The van der Waals surface area contributed by atoms with Crippen LogP contribution in [0.25, 0.3) is 0 Å². The van der Waals surface area contributed by atoms with Gasteiger partial charge in [0, 0.05) is 17.1 Å². The highest BCUT2D eigenvalue weighted by Gasteiger charge is 2.06. The maximum absolute atomic E-state index is 9.71. The lowest BCUT2D eigenvalue weighted by Crippen LogP contribution is -2.36. The first kappa shape index (κ1) is 14.5. The number of ether oxygens (including phenoxy) is 1. The van der Waals surface area contributed by atoms with Gasteiger partial charge in [0.05, 0.1) is 0 Å². The van der Waals surface area contributed by atoms with Crippen LogP contribution in [-0.4, -0.2) is 30.4 Å². The summed E-state index contributed by atoms with van der Waals surface area (Å²) < 4.78 is 6.50. The lowest BCUT2D eigenvalue weighted by atomic mass is 10.2. The fraction of sp³-hybridized carbons (Fsp3) is 0.538. The summed E-state index contributed by atoms with van der Waals surface area (Å²) in [7, 11) is 0. The van der Waals surface area contributed by atoms with Crippen molar-refractivity contribution < 1.29 is 9.84 Å². The summed E-state index contributed by atoms with van der Waals surface area (Å²) in [6.45, 7) is 5.08.